The van der Waals surface area contributed by atoms with Crippen LogP contribution in [0.15, 0.2) is 42.5 Å². The Hall–Kier alpha value is -2.29. The normalized spacial score (nSPS) is 35.1. The average molecular weight is 517 g/mol. The highest BCUT2D eigenvalue weighted by atomic mass is 35.5. The van der Waals surface area contributed by atoms with Crippen LogP contribution in [0, 0.1) is 18.8 Å². The fourth-order valence-corrected chi connectivity index (χ4v) is 8.62. The number of aliphatic hydroxyl groups excluding tert-OH is 1. The fourth-order valence-electron chi connectivity index (χ4n) is 6.16. The Kier molecular flexibility index (Phi) is 6.05. The largest absolute Gasteiger partial charge is 0.465 e. The molecule has 1 unspecified atom stereocenters. The van der Waals surface area contributed by atoms with Crippen molar-refractivity contribution in [1.82, 2.24) is 4.90 Å². The van der Waals surface area contributed by atoms with E-state index in [4.69, 9.17) is 16.3 Å². The summed E-state index contributed by atoms with van der Waals surface area (Å²) in [7, 11) is 0. The van der Waals surface area contributed by atoms with Crippen LogP contribution in [0.25, 0.3) is 0 Å². The van der Waals surface area contributed by atoms with Gasteiger partial charge < -0.3 is 19.6 Å². The topological polar surface area (TPSA) is 87.2 Å². The van der Waals surface area contributed by atoms with Gasteiger partial charge in [-0.2, -0.15) is 0 Å². The lowest BCUT2D eigenvalue weighted by atomic mass is 9.74. The third-order valence-electron chi connectivity index (χ3n) is 7.66. The van der Waals surface area contributed by atoms with Gasteiger partial charge in [0.2, 0.25) is 5.91 Å². The van der Waals surface area contributed by atoms with E-state index in [1.807, 2.05) is 50.3 Å². The molecule has 0 bridgehead atoms. The molecule has 9 heteroatoms. The summed E-state index contributed by atoms with van der Waals surface area (Å²) in [6, 6.07) is 3.95. The van der Waals surface area contributed by atoms with Crippen LogP contribution in [0.4, 0.5) is 5.69 Å². The van der Waals surface area contributed by atoms with Gasteiger partial charge >= 0.3 is 5.97 Å². The molecule has 5 rings (SSSR count). The fraction of sp³-hybridized carbons (Fsp3) is 0.500. The molecular formula is C26H29ClN2O5S. The molecule has 0 saturated carbocycles. The second kappa shape index (κ2) is 8.68. The summed E-state index contributed by atoms with van der Waals surface area (Å²) in [5.41, 5.74) is 1.45. The van der Waals surface area contributed by atoms with Gasteiger partial charge in [-0.1, -0.05) is 48.0 Å². The lowest BCUT2D eigenvalue weighted by Crippen LogP contribution is -2.56. The number of aryl methyl sites for hydroxylation is 1. The Bertz CT molecular complexity index is 1130. The number of amides is 2. The van der Waals surface area contributed by atoms with Crippen LogP contribution in [-0.2, 0) is 19.1 Å². The highest BCUT2D eigenvalue weighted by Crippen LogP contribution is 2.65. The molecule has 186 valence electrons. The number of esters is 1. The number of para-hydroxylation sites is 1. The van der Waals surface area contributed by atoms with Crippen molar-refractivity contribution in [3.63, 3.8) is 0 Å². The molecule has 2 fully saturated rings. The summed E-state index contributed by atoms with van der Waals surface area (Å²) >= 11 is 8.04. The Balaban J connectivity index is 1.70. The molecule has 0 aromatic heterocycles. The molecule has 2 saturated heterocycles. The minimum absolute atomic E-state index is 0.259. The predicted octanol–water partition coefficient (Wildman–Crippen LogP) is 3.12. The maximum absolute atomic E-state index is 14.4. The van der Waals surface area contributed by atoms with Crippen LogP contribution >= 0.6 is 23.4 Å². The number of halogens is 1. The Morgan fingerprint density at radius 3 is 2.69 bits per heavy atom. The molecule has 0 radical (unpaired) electrons. The van der Waals surface area contributed by atoms with Crippen molar-refractivity contribution in [1.29, 1.82) is 0 Å². The summed E-state index contributed by atoms with van der Waals surface area (Å²) in [5, 5.41) is 10.5. The van der Waals surface area contributed by atoms with Crippen molar-refractivity contribution in [2.24, 2.45) is 11.8 Å². The highest BCUT2D eigenvalue weighted by molar-refractivity contribution is 8.02. The Morgan fingerprint density at radius 1 is 1.20 bits per heavy atom. The molecule has 4 aliphatic heterocycles. The molecule has 4 aliphatic rings. The van der Waals surface area contributed by atoms with Crippen molar-refractivity contribution >= 4 is 46.8 Å². The standard InChI is InChI=1S/C26H29ClN2O5S/c1-15-8-6-9-17(27)20(15)28-12-7-11-26-18(22(31)29(16(2)14-30)21(26)23(28)32)19-24(33)34-13-5-4-10-25(19,3)35-26/h4,6-11,16,18-19,21,30H,5,12-14H2,1-3H3/t16-,18+,19+,21?,25-,26+/m1/s1. The van der Waals surface area contributed by atoms with Gasteiger partial charge in [0.1, 0.15) is 6.04 Å². The van der Waals surface area contributed by atoms with E-state index in [0.29, 0.717) is 17.1 Å². The number of nitrogens with zero attached hydrogens (tertiary/aromatic N) is 2. The van der Waals surface area contributed by atoms with E-state index in [1.54, 1.807) is 17.9 Å². The first-order valence-corrected chi connectivity index (χ1v) is 13.1. The zero-order valence-electron chi connectivity index (χ0n) is 19.9. The van der Waals surface area contributed by atoms with Crippen molar-refractivity contribution < 1.29 is 24.2 Å². The summed E-state index contributed by atoms with van der Waals surface area (Å²) in [5.74, 6) is -2.54. The maximum atomic E-state index is 14.4. The lowest BCUT2D eigenvalue weighted by Gasteiger charge is -2.39. The van der Waals surface area contributed by atoms with Crippen molar-refractivity contribution in [2.45, 2.75) is 48.8 Å². The number of aliphatic hydroxyl groups is 1. The zero-order chi connectivity index (χ0) is 25.1. The molecule has 0 aliphatic carbocycles. The molecule has 2 amide bonds. The van der Waals surface area contributed by atoms with E-state index in [1.165, 1.54) is 16.7 Å². The first kappa shape index (κ1) is 24.4. The van der Waals surface area contributed by atoms with E-state index in [-0.39, 0.29) is 31.6 Å². The van der Waals surface area contributed by atoms with Gasteiger partial charge in [0.25, 0.3) is 5.91 Å². The molecule has 1 aromatic rings. The molecule has 1 N–H and O–H groups in total. The number of fused-ring (bicyclic) bond motifs is 2. The number of anilines is 1. The molecule has 35 heavy (non-hydrogen) atoms. The monoisotopic (exact) mass is 516 g/mol. The van der Waals surface area contributed by atoms with Gasteiger partial charge in [-0.15, -0.1) is 11.8 Å². The number of ether oxygens (including phenoxy) is 1. The van der Waals surface area contributed by atoms with Gasteiger partial charge in [-0.3, -0.25) is 14.4 Å². The SMILES string of the molecule is Cc1cccc(Cl)c1N1CC=C[C@]23S[C@]4(C)C=CCCOC(=O)[C@@H]4[C@H]2C(=O)N([C@H](C)CO)C3C1=O. The Labute approximate surface area is 214 Å². The number of benzene rings is 1. The number of cyclic esters (lactones) is 1. The number of hydrogen-bond acceptors (Lipinski definition) is 6. The Morgan fingerprint density at radius 2 is 1.97 bits per heavy atom. The quantitative estimate of drug-likeness (QED) is 0.490. The van der Waals surface area contributed by atoms with Crippen molar-refractivity contribution in [2.75, 3.05) is 24.7 Å². The number of hydrogen-bond donors (Lipinski definition) is 1. The van der Waals surface area contributed by atoms with E-state index in [9.17, 15) is 19.5 Å². The molecule has 1 spiro atoms. The van der Waals surface area contributed by atoms with Crippen LogP contribution in [-0.4, -0.2) is 69.1 Å². The van der Waals surface area contributed by atoms with Gasteiger partial charge in [0.15, 0.2) is 0 Å². The number of carbonyl (C=O) groups is 3. The molecule has 6 atom stereocenters. The van der Waals surface area contributed by atoms with Crippen LogP contribution < -0.4 is 4.90 Å². The first-order valence-electron chi connectivity index (χ1n) is 11.9. The van der Waals surface area contributed by atoms with Crippen molar-refractivity contribution in [3.05, 3.63) is 53.1 Å². The van der Waals surface area contributed by atoms with Crippen LogP contribution in [0.2, 0.25) is 5.02 Å². The number of carbonyl (C=O) groups excluding carboxylic acids is 3. The van der Waals surface area contributed by atoms with E-state index in [0.717, 1.165) is 5.56 Å². The van der Waals surface area contributed by atoms with E-state index < -0.39 is 39.4 Å². The minimum Gasteiger partial charge on any atom is -0.465 e. The molecule has 4 heterocycles. The lowest BCUT2D eigenvalue weighted by molar-refractivity contribution is -0.154. The summed E-state index contributed by atoms with van der Waals surface area (Å²) in [6.07, 6.45) is 8.43. The van der Waals surface area contributed by atoms with Crippen LogP contribution in [0.5, 0.6) is 0 Å². The molecular weight excluding hydrogens is 488 g/mol. The van der Waals surface area contributed by atoms with E-state index >= 15 is 0 Å². The van der Waals surface area contributed by atoms with Crippen LogP contribution in [0.1, 0.15) is 25.8 Å². The van der Waals surface area contributed by atoms with Crippen LogP contribution in [0.3, 0.4) is 0 Å². The average Bonchev–Trinajstić information content (AvgIpc) is 3.14. The van der Waals surface area contributed by atoms with Gasteiger partial charge in [0.05, 0.1) is 46.5 Å². The first-order chi connectivity index (χ1) is 16.7. The van der Waals surface area contributed by atoms with Gasteiger partial charge in [-0.25, -0.2) is 0 Å². The molecule has 7 nitrogen and oxygen atoms in total. The highest BCUT2D eigenvalue weighted by Gasteiger charge is 2.74. The van der Waals surface area contributed by atoms with Gasteiger partial charge in [-0.05, 0) is 38.8 Å². The number of likely N-dealkylation sites (tertiary alicyclic amines) is 1. The van der Waals surface area contributed by atoms with Gasteiger partial charge in [0, 0.05) is 11.3 Å². The second-order valence-corrected chi connectivity index (χ2v) is 12.1. The summed E-state index contributed by atoms with van der Waals surface area (Å²) in [4.78, 5) is 44.8. The predicted molar refractivity (Wildman–Crippen MR) is 135 cm³/mol. The smallest absolute Gasteiger partial charge is 0.311 e. The van der Waals surface area contributed by atoms with Crippen molar-refractivity contribution in [3.8, 4) is 0 Å². The minimum atomic E-state index is -0.991. The summed E-state index contributed by atoms with van der Waals surface area (Å²) < 4.78 is 3.83. The third kappa shape index (κ3) is 3.48. The number of thioether (sulfide) groups is 1. The molecule has 1 aromatic carbocycles. The number of rotatable bonds is 3. The zero-order valence-corrected chi connectivity index (χ0v) is 21.5. The third-order valence-corrected chi connectivity index (χ3v) is 9.76. The van der Waals surface area contributed by atoms with E-state index in [2.05, 4.69) is 0 Å². The summed E-state index contributed by atoms with van der Waals surface area (Å²) in [6.45, 7) is 5.80. The maximum Gasteiger partial charge on any atom is 0.311 e. The second-order valence-electron chi connectivity index (χ2n) is 9.89.